The Bertz CT molecular complexity index is 566. The molecule has 1 aromatic rings. The summed E-state index contributed by atoms with van der Waals surface area (Å²) in [6.45, 7) is 2.41. The lowest BCUT2D eigenvalue weighted by atomic mass is 9.80. The van der Waals surface area contributed by atoms with Gasteiger partial charge in [0.05, 0.1) is 11.8 Å². The fourth-order valence-corrected chi connectivity index (χ4v) is 2.40. The van der Waals surface area contributed by atoms with Gasteiger partial charge in [0.25, 0.3) is 0 Å². The molecule has 4 nitrogen and oxygen atoms in total. The van der Waals surface area contributed by atoms with Crippen LogP contribution >= 0.6 is 0 Å². The van der Waals surface area contributed by atoms with Crippen LogP contribution in [0, 0.1) is 17.0 Å². The van der Waals surface area contributed by atoms with Crippen molar-refractivity contribution >= 4 is 11.9 Å². The number of carboxylic acid groups (broad SMARTS) is 1. The van der Waals surface area contributed by atoms with Crippen LogP contribution in [0.15, 0.2) is 18.2 Å². The van der Waals surface area contributed by atoms with Gasteiger partial charge in [0.15, 0.2) is 11.6 Å². The van der Waals surface area contributed by atoms with Gasteiger partial charge < -0.3 is 10.0 Å². The molecule has 0 spiro atoms. The van der Waals surface area contributed by atoms with E-state index in [1.54, 1.807) is 11.8 Å². The van der Waals surface area contributed by atoms with Crippen molar-refractivity contribution in [2.24, 2.45) is 5.41 Å². The monoisotopic (exact) mass is 297 g/mol. The molecule has 1 N–H and O–H groups in total. The smallest absolute Gasteiger partial charge is 0.309 e. The molecule has 6 heteroatoms. The van der Waals surface area contributed by atoms with Gasteiger partial charge in [-0.2, -0.15) is 0 Å². The average molecular weight is 297 g/mol. The highest BCUT2D eigenvalue weighted by Crippen LogP contribution is 2.31. The topological polar surface area (TPSA) is 57.6 Å². The van der Waals surface area contributed by atoms with Gasteiger partial charge in [0.2, 0.25) is 5.91 Å². The van der Waals surface area contributed by atoms with Crippen LogP contribution in [0.25, 0.3) is 0 Å². The number of hydrogen-bond donors (Lipinski definition) is 1. The van der Waals surface area contributed by atoms with E-state index in [0.717, 1.165) is 12.1 Å². The van der Waals surface area contributed by atoms with Gasteiger partial charge in [-0.05, 0) is 37.5 Å². The molecule has 21 heavy (non-hydrogen) atoms. The van der Waals surface area contributed by atoms with Crippen molar-refractivity contribution in [3.05, 3.63) is 35.4 Å². The number of aliphatic carboxylic acids is 1. The van der Waals surface area contributed by atoms with Crippen molar-refractivity contribution < 1.29 is 23.5 Å². The third kappa shape index (κ3) is 3.37. The Kier molecular flexibility index (Phi) is 4.25. The van der Waals surface area contributed by atoms with E-state index in [1.807, 2.05) is 0 Å². The molecule has 1 aliphatic rings. The van der Waals surface area contributed by atoms with E-state index in [1.165, 1.54) is 6.07 Å². The molecule has 0 aliphatic carbocycles. The first-order valence-corrected chi connectivity index (χ1v) is 6.77. The highest BCUT2D eigenvalue weighted by molar-refractivity contribution is 5.80. The first-order valence-electron chi connectivity index (χ1n) is 6.77. The van der Waals surface area contributed by atoms with Crippen molar-refractivity contribution in [1.82, 2.24) is 4.90 Å². The summed E-state index contributed by atoms with van der Waals surface area (Å²) in [5.74, 6) is -2.97. The number of amides is 1. The highest BCUT2D eigenvalue weighted by Gasteiger charge is 2.37. The van der Waals surface area contributed by atoms with E-state index in [4.69, 9.17) is 5.11 Å². The van der Waals surface area contributed by atoms with Crippen LogP contribution in [0.3, 0.4) is 0 Å². The summed E-state index contributed by atoms with van der Waals surface area (Å²) >= 11 is 0. The molecule has 1 fully saturated rings. The van der Waals surface area contributed by atoms with Crippen LogP contribution in [-0.2, 0) is 16.0 Å². The second kappa shape index (κ2) is 5.79. The number of halogens is 2. The Morgan fingerprint density at radius 1 is 1.24 bits per heavy atom. The summed E-state index contributed by atoms with van der Waals surface area (Å²) in [7, 11) is 0. The number of nitrogens with zero attached hydrogens (tertiary/aromatic N) is 1. The van der Waals surface area contributed by atoms with Gasteiger partial charge in [0.1, 0.15) is 0 Å². The molecular formula is C15H17F2NO3. The van der Waals surface area contributed by atoms with Crippen LogP contribution in [0.1, 0.15) is 25.3 Å². The zero-order valence-electron chi connectivity index (χ0n) is 11.7. The number of likely N-dealkylation sites (tertiary alicyclic amines) is 1. The standard InChI is InChI=1S/C15H17F2NO3/c1-15(14(20)21)4-6-18(7-5-15)13(19)9-10-2-3-11(16)12(17)8-10/h2-3,8H,4-7,9H2,1H3,(H,20,21). The third-order valence-corrected chi connectivity index (χ3v) is 4.08. The average Bonchev–Trinajstić information content (AvgIpc) is 2.43. The molecule has 0 atom stereocenters. The molecule has 1 heterocycles. The maximum Gasteiger partial charge on any atom is 0.309 e. The summed E-state index contributed by atoms with van der Waals surface area (Å²) in [5.41, 5.74) is -0.385. The van der Waals surface area contributed by atoms with E-state index < -0.39 is 23.0 Å². The van der Waals surface area contributed by atoms with Crippen LogP contribution in [0.4, 0.5) is 8.78 Å². The molecule has 0 unspecified atom stereocenters. The Morgan fingerprint density at radius 3 is 2.38 bits per heavy atom. The van der Waals surface area contributed by atoms with Crippen LogP contribution < -0.4 is 0 Å². The second-order valence-corrected chi connectivity index (χ2v) is 5.67. The Hall–Kier alpha value is -1.98. The molecule has 114 valence electrons. The SMILES string of the molecule is CC1(C(=O)O)CCN(C(=O)Cc2ccc(F)c(F)c2)CC1. The molecule has 1 amide bonds. The van der Waals surface area contributed by atoms with Gasteiger partial charge >= 0.3 is 5.97 Å². The largest absolute Gasteiger partial charge is 0.481 e. The summed E-state index contributed by atoms with van der Waals surface area (Å²) in [6, 6.07) is 3.38. The predicted octanol–water partition coefficient (Wildman–Crippen LogP) is 2.22. The first kappa shape index (κ1) is 15.4. The summed E-state index contributed by atoms with van der Waals surface area (Å²) in [4.78, 5) is 24.8. The summed E-state index contributed by atoms with van der Waals surface area (Å²) in [5, 5.41) is 9.13. The lowest BCUT2D eigenvalue weighted by molar-refractivity contribution is -0.152. The van der Waals surface area contributed by atoms with E-state index in [9.17, 15) is 18.4 Å². The maximum absolute atomic E-state index is 13.1. The minimum absolute atomic E-state index is 0.0129. The summed E-state index contributed by atoms with van der Waals surface area (Å²) < 4.78 is 25.9. The minimum Gasteiger partial charge on any atom is -0.481 e. The van der Waals surface area contributed by atoms with Crippen molar-refractivity contribution in [1.29, 1.82) is 0 Å². The minimum atomic E-state index is -0.975. The van der Waals surface area contributed by atoms with E-state index in [2.05, 4.69) is 0 Å². The molecular weight excluding hydrogens is 280 g/mol. The Labute approximate surface area is 121 Å². The lowest BCUT2D eigenvalue weighted by Gasteiger charge is -2.36. The summed E-state index contributed by atoms with van der Waals surface area (Å²) in [6.07, 6.45) is 0.776. The molecule has 1 aliphatic heterocycles. The number of piperidine rings is 1. The normalized spacial score (nSPS) is 17.6. The zero-order chi connectivity index (χ0) is 15.6. The molecule has 1 aromatic carbocycles. The van der Waals surface area contributed by atoms with Gasteiger partial charge in [-0.1, -0.05) is 6.07 Å². The first-order chi connectivity index (χ1) is 9.82. The molecule has 0 bridgehead atoms. The Balaban J connectivity index is 1.96. The number of carbonyl (C=O) groups excluding carboxylic acids is 1. The van der Waals surface area contributed by atoms with Gasteiger partial charge in [-0.3, -0.25) is 9.59 Å². The third-order valence-electron chi connectivity index (χ3n) is 4.08. The number of benzene rings is 1. The highest BCUT2D eigenvalue weighted by atomic mass is 19.2. The molecule has 2 rings (SSSR count). The zero-order valence-corrected chi connectivity index (χ0v) is 11.7. The van der Waals surface area contributed by atoms with E-state index in [-0.39, 0.29) is 12.3 Å². The number of rotatable bonds is 3. The Morgan fingerprint density at radius 2 is 1.86 bits per heavy atom. The van der Waals surface area contributed by atoms with Gasteiger partial charge in [-0.25, -0.2) is 8.78 Å². The maximum atomic E-state index is 13.1. The van der Waals surface area contributed by atoms with Crippen LogP contribution in [-0.4, -0.2) is 35.0 Å². The van der Waals surface area contributed by atoms with Crippen molar-refractivity contribution in [2.45, 2.75) is 26.2 Å². The fourth-order valence-electron chi connectivity index (χ4n) is 2.40. The van der Waals surface area contributed by atoms with E-state index in [0.29, 0.717) is 31.5 Å². The van der Waals surface area contributed by atoms with Gasteiger partial charge in [-0.15, -0.1) is 0 Å². The van der Waals surface area contributed by atoms with Gasteiger partial charge in [0, 0.05) is 13.1 Å². The predicted molar refractivity (Wildman–Crippen MR) is 71.6 cm³/mol. The van der Waals surface area contributed by atoms with Crippen molar-refractivity contribution in [2.75, 3.05) is 13.1 Å². The molecule has 1 saturated heterocycles. The quantitative estimate of drug-likeness (QED) is 0.930. The molecule has 0 aromatic heterocycles. The van der Waals surface area contributed by atoms with Crippen molar-refractivity contribution in [3.8, 4) is 0 Å². The van der Waals surface area contributed by atoms with Crippen molar-refractivity contribution in [3.63, 3.8) is 0 Å². The molecule has 0 saturated carbocycles. The second-order valence-electron chi connectivity index (χ2n) is 5.67. The lowest BCUT2D eigenvalue weighted by Crippen LogP contribution is -2.45. The molecule has 0 radical (unpaired) electrons. The number of hydrogen-bond acceptors (Lipinski definition) is 2. The number of carboxylic acids is 1. The van der Waals surface area contributed by atoms with Crippen LogP contribution in [0.5, 0.6) is 0 Å². The van der Waals surface area contributed by atoms with E-state index >= 15 is 0 Å². The van der Waals surface area contributed by atoms with Crippen LogP contribution in [0.2, 0.25) is 0 Å². The number of carbonyl (C=O) groups is 2. The fraction of sp³-hybridized carbons (Fsp3) is 0.467.